The summed E-state index contributed by atoms with van der Waals surface area (Å²) in [6.07, 6.45) is 5.35. The number of fused-ring (bicyclic) bond motifs is 2. The quantitative estimate of drug-likeness (QED) is 0.349. The van der Waals surface area contributed by atoms with Crippen LogP contribution < -0.4 is 9.64 Å². The van der Waals surface area contributed by atoms with Gasteiger partial charge in [0, 0.05) is 50.7 Å². The number of imidazole rings is 1. The van der Waals surface area contributed by atoms with Gasteiger partial charge in [-0.1, -0.05) is 0 Å². The van der Waals surface area contributed by atoms with E-state index in [1.165, 1.54) is 0 Å². The molecule has 190 valence electrons. The lowest BCUT2D eigenvalue weighted by molar-refractivity contribution is 0.261. The first kappa shape index (κ1) is 23.3. The third-order valence-electron chi connectivity index (χ3n) is 6.63. The summed E-state index contributed by atoms with van der Waals surface area (Å²) in [5.41, 5.74) is 5.69. The summed E-state index contributed by atoms with van der Waals surface area (Å²) in [5, 5.41) is 7.65. The SMILES string of the molecule is CN(C)CCOc1cncc(-c2ccc3[nH]nc(-c4nc5c(N6CCN(C)CC6)nccc5[nH]4)c3n2)c1. The highest BCUT2D eigenvalue weighted by Gasteiger charge is 2.21. The Labute approximate surface area is 214 Å². The number of aromatic nitrogens is 7. The molecule has 0 bridgehead atoms. The Morgan fingerprint density at radius 3 is 2.70 bits per heavy atom. The predicted molar refractivity (Wildman–Crippen MR) is 144 cm³/mol. The van der Waals surface area contributed by atoms with E-state index in [2.05, 4.69) is 46.9 Å². The van der Waals surface area contributed by atoms with E-state index in [0.717, 1.165) is 77.6 Å². The van der Waals surface area contributed by atoms with Crippen molar-refractivity contribution in [1.29, 1.82) is 0 Å². The van der Waals surface area contributed by atoms with Gasteiger partial charge in [0.2, 0.25) is 0 Å². The summed E-state index contributed by atoms with van der Waals surface area (Å²) in [7, 11) is 6.18. The number of hydrogen-bond donors (Lipinski definition) is 2. The number of H-pyrrole nitrogens is 2. The number of nitrogens with zero attached hydrogens (tertiary/aromatic N) is 8. The summed E-state index contributed by atoms with van der Waals surface area (Å²) in [6.45, 7) is 5.27. The van der Waals surface area contributed by atoms with Crippen molar-refractivity contribution in [2.45, 2.75) is 0 Å². The lowest BCUT2D eigenvalue weighted by Crippen LogP contribution is -2.44. The van der Waals surface area contributed by atoms with Gasteiger partial charge in [0.1, 0.15) is 23.4 Å². The van der Waals surface area contributed by atoms with Crippen LogP contribution in [-0.4, -0.2) is 105 Å². The maximum absolute atomic E-state index is 5.87. The van der Waals surface area contributed by atoms with Crippen molar-refractivity contribution in [3.05, 3.63) is 42.9 Å². The van der Waals surface area contributed by atoms with Crippen molar-refractivity contribution in [3.63, 3.8) is 0 Å². The first-order valence-corrected chi connectivity index (χ1v) is 12.4. The maximum atomic E-state index is 5.87. The molecule has 1 fully saturated rings. The van der Waals surface area contributed by atoms with Gasteiger partial charge in [0.25, 0.3) is 0 Å². The van der Waals surface area contributed by atoms with Crippen LogP contribution in [0.25, 0.3) is 44.8 Å². The van der Waals surface area contributed by atoms with E-state index < -0.39 is 0 Å². The molecule has 1 aliphatic rings. The molecule has 0 aliphatic carbocycles. The van der Waals surface area contributed by atoms with E-state index >= 15 is 0 Å². The van der Waals surface area contributed by atoms with Gasteiger partial charge in [-0.25, -0.2) is 15.0 Å². The van der Waals surface area contributed by atoms with Crippen LogP contribution >= 0.6 is 0 Å². The molecule has 0 saturated carbocycles. The third kappa shape index (κ3) is 4.70. The van der Waals surface area contributed by atoms with Gasteiger partial charge in [-0.15, -0.1) is 0 Å². The molecule has 0 atom stereocenters. The molecule has 1 aliphatic heterocycles. The Morgan fingerprint density at radius 2 is 1.86 bits per heavy atom. The average Bonchev–Trinajstić information content (AvgIpc) is 3.53. The zero-order valence-corrected chi connectivity index (χ0v) is 21.3. The first-order valence-electron chi connectivity index (χ1n) is 12.4. The lowest BCUT2D eigenvalue weighted by atomic mass is 10.1. The largest absolute Gasteiger partial charge is 0.491 e. The number of rotatable bonds is 7. The van der Waals surface area contributed by atoms with E-state index in [0.29, 0.717) is 18.1 Å². The molecule has 0 unspecified atom stereocenters. The van der Waals surface area contributed by atoms with Gasteiger partial charge in [-0.3, -0.25) is 10.1 Å². The highest BCUT2D eigenvalue weighted by Crippen LogP contribution is 2.30. The number of piperazine rings is 1. The van der Waals surface area contributed by atoms with Crippen LogP contribution in [0.4, 0.5) is 5.82 Å². The van der Waals surface area contributed by atoms with Crippen molar-refractivity contribution in [1.82, 2.24) is 44.9 Å². The summed E-state index contributed by atoms with van der Waals surface area (Å²) in [6, 6.07) is 7.85. The van der Waals surface area contributed by atoms with E-state index in [4.69, 9.17) is 14.7 Å². The van der Waals surface area contributed by atoms with Crippen LogP contribution in [0.3, 0.4) is 0 Å². The maximum Gasteiger partial charge on any atom is 0.161 e. The number of aromatic amines is 2. The van der Waals surface area contributed by atoms with Crippen LogP contribution in [-0.2, 0) is 0 Å². The van der Waals surface area contributed by atoms with Gasteiger partial charge in [-0.05, 0) is 45.4 Å². The van der Waals surface area contributed by atoms with Crippen LogP contribution in [0.2, 0.25) is 0 Å². The van der Waals surface area contributed by atoms with E-state index in [1.807, 2.05) is 44.6 Å². The molecule has 2 N–H and O–H groups in total. The van der Waals surface area contributed by atoms with Gasteiger partial charge < -0.3 is 24.4 Å². The Morgan fingerprint density at radius 1 is 1.00 bits per heavy atom. The minimum atomic E-state index is 0.591. The standard InChI is InChI=1S/C26H30N10O/c1-34(2)12-13-37-18-14-17(15-27-16-18)19-4-5-21-22(29-19)24(33-32-21)25-30-20-6-7-28-26(23(20)31-25)36-10-8-35(3)9-11-36/h4-7,14-16H,8-13H2,1-3H3,(H,30,31)(H,32,33). The highest BCUT2D eigenvalue weighted by molar-refractivity contribution is 5.94. The second-order valence-electron chi connectivity index (χ2n) is 9.63. The molecule has 1 saturated heterocycles. The molecule has 6 heterocycles. The monoisotopic (exact) mass is 498 g/mol. The number of ether oxygens (including phenoxy) is 1. The molecule has 0 aromatic carbocycles. The van der Waals surface area contributed by atoms with E-state index in [1.54, 1.807) is 12.4 Å². The summed E-state index contributed by atoms with van der Waals surface area (Å²) >= 11 is 0. The summed E-state index contributed by atoms with van der Waals surface area (Å²) in [4.78, 5) is 29.0. The van der Waals surface area contributed by atoms with Crippen molar-refractivity contribution in [2.75, 3.05) is 65.4 Å². The fourth-order valence-corrected chi connectivity index (χ4v) is 4.49. The second-order valence-corrected chi connectivity index (χ2v) is 9.63. The lowest BCUT2D eigenvalue weighted by Gasteiger charge is -2.33. The van der Waals surface area contributed by atoms with E-state index in [9.17, 15) is 0 Å². The zero-order chi connectivity index (χ0) is 25.4. The zero-order valence-electron chi connectivity index (χ0n) is 21.3. The fraction of sp³-hybridized carbons (Fsp3) is 0.346. The van der Waals surface area contributed by atoms with Gasteiger partial charge in [-0.2, -0.15) is 5.10 Å². The average molecular weight is 499 g/mol. The van der Waals surface area contributed by atoms with Gasteiger partial charge in [0.05, 0.1) is 22.9 Å². The number of anilines is 1. The molecule has 11 heteroatoms. The van der Waals surface area contributed by atoms with Crippen LogP contribution in [0.15, 0.2) is 42.9 Å². The van der Waals surface area contributed by atoms with Gasteiger partial charge >= 0.3 is 0 Å². The molecule has 11 nitrogen and oxygen atoms in total. The molecule has 0 amide bonds. The third-order valence-corrected chi connectivity index (χ3v) is 6.63. The van der Waals surface area contributed by atoms with Crippen molar-refractivity contribution < 1.29 is 4.74 Å². The normalized spacial score (nSPS) is 14.8. The smallest absolute Gasteiger partial charge is 0.161 e. The molecular formula is C26H30N10O. The minimum Gasteiger partial charge on any atom is -0.491 e. The van der Waals surface area contributed by atoms with Crippen molar-refractivity contribution in [2.24, 2.45) is 0 Å². The van der Waals surface area contributed by atoms with E-state index in [-0.39, 0.29) is 0 Å². The Balaban J connectivity index is 1.33. The fourth-order valence-electron chi connectivity index (χ4n) is 4.49. The van der Waals surface area contributed by atoms with Crippen molar-refractivity contribution in [3.8, 4) is 28.5 Å². The number of nitrogens with one attached hydrogen (secondary N) is 2. The molecule has 5 aromatic rings. The molecule has 6 rings (SSSR count). The molecule has 0 spiro atoms. The minimum absolute atomic E-state index is 0.591. The van der Waals surface area contributed by atoms with Gasteiger partial charge in [0.15, 0.2) is 17.3 Å². The molecular weight excluding hydrogens is 468 g/mol. The number of likely N-dealkylation sites (N-methyl/N-ethyl adjacent to an activating group) is 2. The first-order chi connectivity index (χ1) is 18.0. The Bertz CT molecular complexity index is 1530. The summed E-state index contributed by atoms with van der Waals surface area (Å²) < 4.78 is 5.87. The Kier molecular flexibility index (Phi) is 6.15. The second kappa shape index (κ2) is 9.75. The molecule has 0 radical (unpaired) electrons. The molecule has 37 heavy (non-hydrogen) atoms. The number of hydrogen-bond acceptors (Lipinski definition) is 9. The summed E-state index contributed by atoms with van der Waals surface area (Å²) in [5.74, 6) is 2.28. The van der Waals surface area contributed by atoms with Crippen molar-refractivity contribution >= 4 is 27.9 Å². The van der Waals surface area contributed by atoms with Crippen LogP contribution in [0.1, 0.15) is 0 Å². The predicted octanol–water partition coefficient (Wildman–Crippen LogP) is 2.65. The number of pyridine rings is 3. The Hall–Kier alpha value is -4.09. The molecule has 5 aromatic heterocycles. The van der Waals surface area contributed by atoms with Crippen LogP contribution in [0, 0.1) is 0 Å². The topological polar surface area (TPSA) is 115 Å². The highest BCUT2D eigenvalue weighted by atomic mass is 16.5. The van der Waals surface area contributed by atoms with Crippen LogP contribution in [0.5, 0.6) is 5.75 Å².